The van der Waals surface area contributed by atoms with Crippen molar-refractivity contribution in [2.75, 3.05) is 0 Å². The summed E-state index contributed by atoms with van der Waals surface area (Å²) in [6.07, 6.45) is 11.3. The number of carbonyl (C=O) groups excluding carboxylic acids is 2. The van der Waals surface area contributed by atoms with E-state index in [2.05, 4.69) is 37.3 Å². The lowest BCUT2D eigenvalue weighted by atomic mass is 10.0. The van der Waals surface area contributed by atoms with E-state index in [4.69, 9.17) is 0 Å². The van der Waals surface area contributed by atoms with Gasteiger partial charge in [-0.1, -0.05) is 43.8 Å². The molecular weight excluding hydrogens is 659 g/mol. The number of imidazole rings is 1. The summed E-state index contributed by atoms with van der Waals surface area (Å²) in [5.41, 5.74) is 2.66. The molecule has 3 aromatic heterocycles. The number of aliphatic imine (C=N–C) groups is 1. The Morgan fingerprint density at radius 2 is 1.86 bits per heavy atom. The lowest BCUT2D eigenvalue weighted by Gasteiger charge is -2.31. The third-order valence-corrected chi connectivity index (χ3v) is 8.83. The molecule has 0 bridgehead atoms. The molecule has 0 spiro atoms. The molecule has 4 heterocycles. The van der Waals surface area contributed by atoms with Crippen molar-refractivity contribution in [2.45, 2.75) is 77.2 Å². The Balaban J connectivity index is 1.16. The average Bonchev–Trinajstić information content (AvgIpc) is 3.58. The molecule has 1 saturated carbocycles. The Morgan fingerprint density at radius 1 is 1.10 bits per heavy atom. The first-order valence-electron chi connectivity index (χ1n) is 16.7. The van der Waals surface area contributed by atoms with Gasteiger partial charge < -0.3 is 15.5 Å². The fourth-order valence-corrected chi connectivity index (χ4v) is 6.27. The van der Waals surface area contributed by atoms with Gasteiger partial charge in [0.15, 0.2) is 0 Å². The van der Waals surface area contributed by atoms with Crippen LogP contribution in [0.1, 0.15) is 62.8 Å². The minimum absolute atomic E-state index is 0.0106. The molecular formula is C37H40F3N9O2. The third-order valence-electron chi connectivity index (χ3n) is 8.83. The van der Waals surface area contributed by atoms with Gasteiger partial charge in [0, 0.05) is 60.8 Å². The van der Waals surface area contributed by atoms with E-state index in [9.17, 15) is 22.8 Å². The van der Waals surface area contributed by atoms with Crippen LogP contribution in [0.4, 0.5) is 13.2 Å². The van der Waals surface area contributed by atoms with E-state index in [0.29, 0.717) is 24.4 Å². The van der Waals surface area contributed by atoms with E-state index in [1.807, 2.05) is 61.0 Å². The molecule has 2 aliphatic rings. The molecule has 0 radical (unpaired) electrons. The quantitative estimate of drug-likeness (QED) is 0.183. The zero-order valence-electron chi connectivity index (χ0n) is 28.9. The standard InChI is InChI=1S/C37H40F3N9O2/c1-6-8-29(49-14-7-13-41-24(49)3)15-32(34(51)46-36(4,5)22-48-21-28(18-43-48)37(38,39)40)45-33(50)31-16-30(31)26-11-9-25(10-12-26)27-17-42-35-44-23(2)19-47(35)20-27/h7-14,17-21,30-32H,3,6,15-16,22H2,1-2,4-5H3,(H,45,50)(H,46,51)/b29-8-. The van der Waals surface area contributed by atoms with Gasteiger partial charge in [-0.25, -0.2) is 15.0 Å². The fraction of sp³-hybridized carbons (Fsp3) is 0.351. The van der Waals surface area contributed by atoms with Crippen LogP contribution in [0, 0.1) is 12.8 Å². The summed E-state index contributed by atoms with van der Waals surface area (Å²) in [6.45, 7) is 11.2. The Morgan fingerprint density at radius 3 is 2.55 bits per heavy atom. The maximum Gasteiger partial charge on any atom is 0.419 e. The maximum atomic E-state index is 13.9. The smallest absolute Gasteiger partial charge is 0.348 e. The highest BCUT2D eigenvalue weighted by Crippen LogP contribution is 2.48. The predicted octanol–water partition coefficient (Wildman–Crippen LogP) is 6.16. The van der Waals surface area contributed by atoms with Crippen molar-refractivity contribution in [3.05, 3.63) is 109 Å². The van der Waals surface area contributed by atoms with Crippen LogP contribution in [0.15, 0.2) is 96.7 Å². The molecule has 3 atom stereocenters. The summed E-state index contributed by atoms with van der Waals surface area (Å²) in [6, 6.07) is 7.05. The first-order chi connectivity index (χ1) is 24.2. The number of benzene rings is 1. The monoisotopic (exact) mass is 699 g/mol. The van der Waals surface area contributed by atoms with Gasteiger partial charge in [0.1, 0.15) is 11.9 Å². The highest BCUT2D eigenvalue weighted by molar-refractivity contribution is 5.90. The van der Waals surface area contributed by atoms with E-state index in [-0.39, 0.29) is 30.7 Å². The van der Waals surface area contributed by atoms with Gasteiger partial charge in [-0.2, -0.15) is 18.3 Å². The van der Waals surface area contributed by atoms with E-state index in [1.54, 1.807) is 43.4 Å². The van der Waals surface area contributed by atoms with Crippen molar-refractivity contribution in [1.82, 2.24) is 39.7 Å². The molecule has 2 N–H and O–H groups in total. The number of aromatic nitrogens is 5. The molecule has 4 aromatic rings. The number of hydrogen-bond donors (Lipinski definition) is 2. The zero-order chi connectivity index (χ0) is 36.5. The van der Waals surface area contributed by atoms with Crippen molar-refractivity contribution in [3.63, 3.8) is 0 Å². The molecule has 6 rings (SSSR count). The third kappa shape index (κ3) is 8.27. The first-order valence-corrected chi connectivity index (χ1v) is 16.7. The number of nitrogens with one attached hydrogen (secondary N) is 2. The van der Waals surface area contributed by atoms with Crippen LogP contribution in [0.25, 0.3) is 16.9 Å². The van der Waals surface area contributed by atoms with Crippen molar-refractivity contribution >= 4 is 23.8 Å². The van der Waals surface area contributed by atoms with Crippen LogP contribution in [0.5, 0.6) is 0 Å². The summed E-state index contributed by atoms with van der Waals surface area (Å²) < 4.78 is 42.6. The van der Waals surface area contributed by atoms with E-state index < -0.39 is 29.2 Å². The maximum absolute atomic E-state index is 13.9. The second-order valence-electron chi connectivity index (χ2n) is 13.6. The second-order valence-corrected chi connectivity index (χ2v) is 13.6. The lowest BCUT2D eigenvalue weighted by Crippen LogP contribution is -2.55. The largest absolute Gasteiger partial charge is 0.419 e. The van der Waals surface area contributed by atoms with Crippen molar-refractivity contribution in [2.24, 2.45) is 10.9 Å². The van der Waals surface area contributed by atoms with Gasteiger partial charge in [0.2, 0.25) is 17.6 Å². The molecule has 3 unspecified atom stereocenters. The molecule has 0 saturated heterocycles. The van der Waals surface area contributed by atoms with Gasteiger partial charge in [0.25, 0.3) is 0 Å². The molecule has 1 aliphatic carbocycles. The van der Waals surface area contributed by atoms with Crippen molar-refractivity contribution < 1.29 is 22.8 Å². The molecule has 2 amide bonds. The number of fused-ring (bicyclic) bond motifs is 1. The second kappa shape index (κ2) is 14.0. The number of carbonyl (C=O) groups is 2. The van der Waals surface area contributed by atoms with Gasteiger partial charge in [-0.05, 0) is 56.7 Å². The number of alkyl halides is 3. The molecule has 1 fully saturated rings. The Labute approximate surface area is 293 Å². The van der Waals surface area contributed by atoms with Crippen LogP contribution in [-0.4, -0.2) is 58.7 Å². The summed E-state index contributed by atoms with van der Waals surface area (Å²) >= 11 is 0. The van der Waals surface area contributed by atoms with Gasteiger partial charge in [-0.15, -0.1) is 0 Å². The number of allylic oxidation sites excluding steroid dienone is 2. The topological polar surface area (TPSA) is 122 Å². The number of hydrogen-bond acceptors (Lipinski definition) is 7. The first kappa shape index (κ1) is 35.3. The normalized spacial score (nSPS) is 18.3. The Kier molecular flexibility index (Phi) is 9.69. The zero-order valence-corrected chi connectivity index (χ0v) is 28.9. The van der Waals surface area contributed by atoms with Crippen molar-refractivity contribution in [1.29, 1.82) is 0 Å². The number of amides is 2. The van der Waals surface area contributed by atoms with Crippen LogP contribution < -0.4 is 10.6 Å². The van der Waals surface area contributed by atoms with Gasteiger partial charge in [-0.3, -0.25) is 18.7 Å². The number of nitrogens with zero attached hydrogens (tertiary/aromatic N) is 7. The summed E-state index contributed by atoms with van der Waals surface area (Å²) in [7, 11) is 0. The van der Waals surface area contributed by atoms with E-state index in [1.165, 1.54) is 0 Å². The summed E-state index contributed by atoms with van der Waals surface area (Å²) in [4.78, 5) is 42.5. The van der Waals surface area contributed by atoms with Gasteiger partial charge in [0.05, 0.1) is 29.5 Å². The fourth-order valence-electron chi connectivity index (χ4n) is 6.27. The minimum Gasteiger partial charge on any atom is -0.348 e. The van der Waals surface area contributed by atoms with Crippen LogP contribution in [-0.2, 0) is 22.3 Å². The van der Waals surface area contributed by atoms with E-state index >= 15 is 0 Å². The molecule has 266 valence electrons. The van der Waals surface area contributed by atoms with Crippen molar-refractivity contribution in [3.8, 4) is 11.1 Å². The SMILES string of the molecule is C=C1N=CC=CN1/C(=C\CC)CC(NC(=O)C1CC1c1ccc(-c2cnc3nc(C)cn3c2)cc1)C(=O)NC(C)(C)Cn1cc(C(F)(F)F)cn1. The molecule has 14 heteroatoms. The molecule has 51 heavy (non-hydrogen) atoms. The highest BCUT2D eigenvalue weighted by Gasteiger charge is 2.45. The number of rotatable bonds is 12. The van der Waals surface area contributed by atoms with Crippen LogP contribution in [0.2, 0.25) is 0 Å². The minimum atomic E-state index is -4.53. The highest BCUT2D eigenvalue weighted by atomic mass is 19.4. The average molecular weight is 700 g/mol. The summed E-state index contributed by atoms with van der Waals surface area (Å²) in [5.74, 6) is 0.0249. The summed E-state index contributed by atoms with van der Waals surface area (Å²) in [5, 5.41) is 9.76. The molecule has 11 nitrogen and oxygen atoms in total. The predicted molar refractivity (Wildman–Crippen MR) is 187 cm³/mol. The molecule has 1 aliphatic heterocycles. The van der Waals surface area contributed by atoms with Crippen LogP contribution >= 0.6 is 0 Å². The van der Waals surface area contributed by atoms with E-state index in [0.717, 1.165) is 45.2 Å². The number of halogens is 3. The Hall–Kier alpha value is -5.53. The van der Waals surface area contributed by atoms with Gasteiger partial charge >= 0.3 is 6.18 Å². The lowest BCUT2D eigenvalue weighted by molar-refractivity contribution is -0.137. The number of aryl methyl sites for hydroxylation is 1. The van der Waals surface area contributed by atoms with Crippen LogP contribution in [0.3, 0.4) is 0 Å². The Bertz CT molecular complexity index is 2040. The molecule has 1 aromatic carbocycles.